The maximum Gasteiger partial charge on any atom is 0.221 e. The van der Waals surface area contributed by atoms with Crippen LogP contribution in [-0.2, 0) is 4.79 Å². The molecule has 0 spiro atoms. The monoisotopic (exact) mass is 258 g/mol. The minimum atomic E-state index is -0.162. The number of nitrogens with one attached hydrogen (secondary N) is 1. The molecule has 0 aromatic carbocycles. The van der Waals surface area contributed by atoms with Crippen molar-refractivity contribution in [3.63, 3.8) is 0 Å². The maximum atomic E-state index is 10.8. The number of carbonyl (C=O) groups excluding carboxylic acids is 1. The van der Waals surface area contributed by atoms with E-state index in [1.54, 1.807) is 0 Å². The number of hydrogen-bond acceptors (Lipinski definition) is 3. The topological polar surface area (TPSA) is 52.9 Å². The molecular weight excluding hydrogens is 252 g/mol. The fourth-order valence-corrected chi connectivity index (χ4v) is 2.48. The van der Waals surface area contributed by atoms with Gasteiger partial charge in [-0.1, -0.05) is 0 Å². The van der Waals surface area contributed by atoms with Crippen molar-refractivity contribution in [3.05, 3.63) is 14.9 Å². The van der Waals surface area contributed by atoms with Crippen molar-refractivity contribution in [1.82, 2.24) is 0 Å². The number of thiophene rings is 1. The van der Waals surface area contributed by atoms with Crippen molar-refractivity contribution < 1.29 is 4.79 Å². The predicted octanol–water partition coefficient (Wildman–Crippen LogP) is 2.65. The van der Waals surface area contributed by atoms with Crippen LogP contribution in [0.3, 0.4) is 0 Å². The smallest absolute Gasteiger partial charge is 0.221 e. The van der Waals surface area contributed by atoms with Gasteiger partial charge in [-0.15, -0.1) is 11.3 Å². The van der Waals surface area contributed by atoms with Gasteiger partial charge in [-0.25, -0.2) is 0 Å². The molecule has 5 heteroatoms. The first-order chi connectivity index (χ1) is 6.06. The van der Waals surface area contributed by atoms with Gasteiger partial charge in [-0.2, -0.15) is 5.26 Å². The Morgan fingerprint density at radius 3 is 2.77 bits per heavy atom. The molecule has 0 fully saturated rings. The summed E-state index contributed by atoms with van der Waals surface area (Å²) in [5, 5.41) is 12.0. The van der Waals surface area contributed by atoms with Gasteiger partial charge >= 0.3 is 0 Å². The van der Waals surface area contributed by atoms with E-state index in [0.717, 1.165) is 9.35 Å². The van der Waals surface area contributed by atoms with Crippen LogP contribution < -0.4 is 5.32 Å². The molecule has 0 aliphatic heterocycles. The first kappa shape index (κ1) is 10.2. The van der Waals surface area contributed by atoms with Crippen molar-refractivity contribution in [2.75, 3.05) is 5.32 Å². The van der Waals surface area contributed by atoms with Crippen molar-refractivity contribution in [3.8, 4) is 6.07 Å². The number of carbonyl (C=O) groups is 1. The third-order valence-electron chi connectivity index (χ3n) is 1.49. The standard InChI is InChI=1S/C8H7BrN2OS/c1-4-6(3-10)8(11-5(2)12)13-7(4)9/h1-2H3,(H,11,12). The van der Waals surface area contributed by atoms with Crippen LogP contribution in [-0.4, -0.2) is 5.91 Å². The summed E-state index contributed by atoms with van der Waals surface area (Å²) in [6.45, 7) is 3.26. The summed E-state index contributed by atoms with van der Waals surface area (Å²) in [6.07, 6.45) is 0. The summed E-state index contributed by atoms with van der Waals surface area (Å²) < 4.78 is 0.882. The van der Waals surface area contributed by atoms with Crippen LogP contribution in [0.4, 0.5) is 5.00 Å². The molecule has 0 saturated carbocycles. The second kappa shape index (κ2) is 3.90. The van der Waals surface area contributed by atoms with Gasteiger partial charge in [0.1, 0.15) is 11.1 Å². The Morgan fingerprint density at radius 1 is 1.69 bits per heavy atom. The quantitative estimate of drug-likeness (QED) is 0.842. The lowest BCUT2D eigenvalue weighted by Crippen LogP contribution is -2.05. The van der Waals surface area contributed by atoms with E-state index in [4.69, 9.17) is 5.26 Å². The lowest BCUT2D eigenvalue weighted by molar-refractivity contribution is -0.114. The molecule has 68 valence electrons. The van der Waals surface area contributed by atoms with Crippen LogP contribution >= 0.6 is 27.3 Å². The number of hydrogen-bond donors (Lipinski definition) is 1. The second-order valence-corrected chi connectivity index (χ2v) is 4.84. The second-order valence-electron chi connectivity index (χ2n) is 2.50. The normalized spacial score (nSPS) is 9.38. The van der Waals surface area contributed by atoms with E-state index < -0.39 is 0 Å². The van der Waals surface area contributed by atoms with Gasteiger partial charge in [0.05, 0.1) is 9.35 Å². The van der Waals surface area contributed by atoms with E-state index in [2.05, 4.69) is 27.3 Å². The van der Waals surface area contributed by atoms with Crippen LogP contribution in [0, 0.1) is 18.3 Å². The molecule has 13 heavy (non-hydrogen) atoms. The SMILES string of the molecule is CC(=O)Nc1sc(Br)c(C)c1C#N. The minimum Gasteiger partial charge on any atom is -0.317 e. The summed E-state index contributed by atoms with van der Waals surface area (Å²) in [5.41, 5.74) is 1.41. The van der Waals surface area contributed by atoms with Gasteiger partial charge in [0.25, 0.3) is 0 Å². The van der Waals surface area contributed by atoms with Crippen molar-refractivity contribution in [2.24, 2.45) is 0 Å². The Hall–Kier alpha value is -0.860. The molecule has 0 atom stereocenters. The minimum absolute atomic E-state index is 0.162. The molecule has 1 rings (SSSR count). The number of nitriles is 1. The van der Waals surface area contributed by atoms with Gasteiger partial charge in [-0.05, 0) is 28.4 Å². The average molecular weight is 259 g/mol. The lowest BCUT2D eigenvalue weighted by atomic mass is 10.2. The fraction of sp³-hybridized carbons (Fsp3) is 0.250. The highest BCUT2D eigenvalue weighted by molar-refractivity contribution is 9.11. The van der Waals surface area contributed by atoms with Crippen LogP contribution in [0.1, 0.15) is 18.1 Å². The number of anilines is 1. The molecule has 0 saturated heterocycles. The molecule has 0 bridgehead atoms. The number of rotatable bonds is 1. The number of nitrogens with zero attached hydrogens (tertiary/aromatic N) is 1. The van der Waals surface area contributed by atoms with Crippen LogP contribution in [0.15, 0.2) is 3.79 Å². The Bertz CT molecular complexity index is 392. The number of halogens is 1. The maximum absolute atomic E-state index is 10.8. The Labute approximate surface area is 88.5 Å². The molecule has 1 N–H and O–H groups in total. The summed E-state index contributed by atoms with van der Waals surface area (Å²) >= 11 is 4.67. The Balaban J connectivity index is 3.15. The first-order valence-electron chi connectivity index (χ1n) is 3.52. The Kier molecular flexibility index (Phi) is 3.07. The van der Waals surface area contributed by atoms with E-state index in [1.165, 1.54) is 18.3 Å². The average Bonchev–Trinajstić information content (AvgIpc) is 2.27. The summed E-state index contributed by atoms with van der Waals surface area (Å²) in [6, 6.07) is 2.06. The molecule has 0 unspecified atom stereocenters. The largest absolute Gasteiger partial charge is 0.317 e. The number of amides is 1. The van der Waals surface area contributed by atoms with E-state index in [-0.39, 0.29) is 5.91 Å². The van der Waals surface area contributed by atoms with E-state index in [0.29, 0.717) is 10.6 Å². The zero-order valence-corrected chi connectivity index (χ0v) is 9.54. The van der Waals surface area contributed by atoms with Crippen molar-refractivity contribution in [2.45, 2.75) is 13.8 Å². The van der Waals surface area contributed by atoms with Crippen LogP contribution in [0.2, 0.25) is 0 Å². The molecule has 1 amide bonds. The zero-order chi connectivity index (χ0) is 10.0. The highest BCUT2D eigenvalue weighted by Gasteiger charge is 2.13. The van der Waals surface area contributed by atoms with E-state index in [1.807, 2.05) is 6.92 Å². The molecule has 0 aliphatic carbocycles. The lowest BCUT2D eigenvalue weighted by Gasteiger charge is -1.96. The summed E-state index contributed by atoms with van der Waals surface area (Å²) in [7, 11) is 0. The van der Waals surface area contributed by atoms with Crippen molar-refractivity contribution >= 4 is 38.2 Å². The predicted molar refractivity (Wildman–Crippen MR) is 55.8 cm³/mol. The first-order valence-corrected chi connectivity index (χ1v) is 5.13. The molecule has 3 nitrogen and oxygen atoms in total. The van der Waals surface area contributed by atoms with Gasteiger partial charge < -0.3 is 5.32 Å². The highest BCUT2D eigenvalue weighted by atomic mass is 79.9. The van der Waals surface area contributed by atoms with Gasteiger partial charge in [-0.3, -0.25) is 4.79 Å². The molecule has 1 aromatic heterocycles. The van der Waals surface area contributed by atoms with Crippen LogP contribution in [0.25, 0.3) is 0 Å². The Morgan fingerprint density at radius 2 is 2.31 bits per heavy atom. The van der Waals surface area contributed by atoms with Gasteiger partial charge in [0, 0.05) is 6.92 Å². The van der Waals surface area contributed by atoms with Gasteiger partial charge in [0.15, 0.2) is 0 Å². The van der Waals surface area contributed by atoms with E-state index >= 15 is 0 Å². The van der Waals surface area contributed by atoms with E-state index in [9.17, 15) is 4.79 Å². The molecule has 0 aliphatic rings. The van der Waals surface area contributed by atoms with Crippen LogP contribution in [0.5, 0.6) is 0 Å². The third-order valence-corrected chi connectivity index (χ3v) is 3.57. The third kappa shape index (κ3) is 2.08. The van der Waals surface area contributed by atoms with Crippen molar-refractivity contribution in [1.29, 1.82) is 5.26 Å². The fourth-order valence-electron chi connectivity index (χ4n) is 0.868. The highest BCUT2D eigenvalue weighted by Crippen LogP contribution is 2.36. The van der Waals surface area contributed by atoms with Gasteiger partial charge in [0.2, 0.25) is 5.91 Å². The zero-order valence-electron chi connectivity index (χ0n) is 7.14. The molecule has 0 radical (unpaired) electrons. The summed E-state index contributed by atoms with van der Waals surface area (Å²) in [4.78, 5) is 10.8. The molecule has 1 aromatic rings. The molecule has 1 heterocycles. The summed E-state index contributed by atoms with van der Waals surface area (Å²) in [5.74, 6) is -0.162. The molecular formula is C8H7BrN2OS.